The first-order valence-electron chi connectivity index (χ1n) is 8.39. The number of thiophene rings is 1. The molecule has 0 bridgehead atoms. The summed E-state index contributed by atoms with van der Waals surface area (Å²) in [6, 6.07) is 4.11. The van der Waals surface area contributed by atoms with Crippen molar-refractivity contribution in [2.75, 3.05) is 19.8 Å². The zero-order chi connectivity index (χ0) is 14.9. The Bertz CT molecular complexity index is 514. The second kappa shape index (κ2) is 6.30. The second-order valence-electron chi connectivity index (χ2n) is 6.69. The molecule has 120 valence electrons. The summed E-state index contributed by atoms with van der Waals surface area (Å²) in [6.07, 6.45) is 6.08. The first-order valence-corrected chi connectivity index (χ1v) is 9.27. The van der Waals surface area contributed by atoms with Gasteiger partial charge in [-0.05, 0) is 49.5 Å². The van der Waals surface area contributed by atoms with Crippen molar-refractivity contribution in [1.29, 1.82) is 0 Å². The average molecular weight is 321 g/mol. The highest BCUT2D eigenvalue weighted by molar-refractivity contribution is 7.12. The lowest BCUT2D eigenvalue weighted by Crippen LogP contribution is -2.45. The van der Waals surface area contributed by atoms with Crippen LogP contribution in [0.4, 0.5) is 0 Å². The van der Waals surface area contributed by atoms with Crippen LogP contribution in [0.1, 0.15) is 41.8 Å². The molecule has 3 fully saturated rings. The monoisotopic (exact) mass is 321 g/mol. The Labute approximate surface area is 135 Å². The molecule has 0 unspecified atom stereocenters. The van der Waals surface area contributed by atoms with E-state index in [0.29, 0.717) is 0 Å². The van der Waals surface area contributed by atoms with Crippen molar-refractivity contribution in [3.05, 3.63) is 22.4 Å². The number of likely N-dealkylation sites (tertiary alicyclic amines) is 1. The molecule has 4 nitrogen and oxygen atoms in total. The Morgan fingerprint density at radius 1 is 1.27 bits per heavy atom. The summed E-state index contributed by atoms with van der Waals surface area (Å²) in [7, 11) is 0. The minimum Gasteiger partial charge on any atom is -0.378 e. The molecule has 1 aliphatic carbocycles. The minimum atomic E-state index is 0.175. The van der Waals surface area contributed by atoms with E-state index >= 15 is 0 Å². The van der Waals surface area contributed by atoms with E-state index in [4.69, 9.17) is 9.47 Å². The van der Waals surface area contributed by atoms with Crippen LogP contribution in [0.25, 0.3) is 0 Å². The quantitative estimate of drug-likeness (QED) is 0.837. The molecular formula is C17H23NO3S. The Hall–Kier alpha value is -0.910. The number of fused-ring (bicyclic) bond motifs is 1. The standard InChI is InChI=1S/C17H23NO3S/c19-17(16-2-1-9-22-16)18-8-7-15-14(18)6-5-13(21-15)11-20-10-12-3-4-12/h1-2,9,12-15H,3-8,10-11H2/t13-,14+,15+/m1/s1. The highest BCUT2D eigenvalue weighted by Crippen LogP contribution is 2.33. The van der Waals surface area contributed by atoms with E-state index in [2.05, 4.69) is 0 Å². The molecule has 1 aromatic rings. The van der Waals surface area contributed by atoms with Gasteiger partial charge in [-0.1, -0.05) is 6.07 Å². The Kier molecular flexibility index (Phi) is 4.20. The lowest BCUT2D eigenvalue weighted by Gasteiger charge is -2.35. The van der Waals surface area contributed by atoms with Gasteiger partial charge in [0.05, 0.1) is 29.7 Å². The first-order chi connectivity index (χ1) is 10.8. The molecule has 5 heteroatoms. The van der Waals surface area contributed by atoms with Gasteiger partial charge in [-0.2, -0.15) is 0 Å². The molecule has 1 aromatic heterocycles. The van der Waals surface area contributed by atoms with Crippen LogP contribution in [0, 0.1) is 5.92 Å². The highest BCUT2D eigenvalue weighted by atomic mass is 32.1. The van der Waals surface area contributed by atoms with Crippen molar-refractivity contribution in [3.8, 4) is 0 Å². The molecule has 3 heterocycles. The number of rotatable bonds is 5. The first kappa shape index (κ1) is 14.7. The number of carbonyl (C=O) groups excluding carboxylic acids is 1. The molecule has 2 saturated heterocycles. The van der Waals surface area contributed by atoms with Gasteiger partial charge in [0.25, 0.3) is 5.91 Å². The van der Waals surface area contributed by atoms with Crippen molar-refractivity contribution in [2.45, 2.75) is 50.4 Å². The average Bonchev–Trinajstić information content (AvgIpc) is 3.04. The molecule has 3 aliphatic rings. The van der Waals surface area contributed by atoms with Crippen molar-refractivity contribution in [3.63, 3.8) is 0 Å². The lowest BCUT2D eigenvalue weighted by atomic mass is 9.99. The number of carbonyl (C=O) groups is 1. The molecule has 3 atom stereocenters. The van der Waals surface area contributed by atoms with Gasteiger partial charge < -0.3 is 14.4 Å². The van der Waals surface area contributed by atoms with Gasteiger partial charge in [-0.3, -0.25) is 4.79 Å². The highest BCUT2D eigenvalue weighted by Gasteiger charge is 2.42. The van der Waals surface area contributed by atoms with Crippen LogP contribution < -0.4 is 0 Å². The van der Waals surface area contributed by atoms with Crippen LogP contribution in [0.5, 0.6) is 0 Å². The van der Waals surface area contributed by atoms with Crippen LogP contribution in [0.2, 0.25) is 0 Å². The van der Waals surface area contributed by atoms with Gasteiger partial charge in [-0.25, -0.2) is 0 Å². The van der Waals surface area contributed by atoms with Gasteiger partial charge in [0, 0.05) is 13.2 Å². The molecule has 1 amide bonds. The Balaban J connectivity index is 1.30. The summed E-state index contributed by atoms with van der Waals surface area (Å²) in [5.41, 5.74) is 0. The smallest absolute Gasteiger partial charge is 0.264 e. The second-order valence-corrected chi connectivity index (χ2v) is 7.63. The number of hydrogen-bond acceptors (Lipinski definition) is 4. The number of nitrogens with zero attached hydrogens (tertiary/aromatic N) is 1. The fraction of sp³-hybridized carbons (Fsp3) is 0.706. The van der Waals surface area contributed by atoms with E-state index in [1.165, 1.54) is 24.2 Å². The zero-order valence-corrected chi connectivity index (χ0v) is 13.6. The van der Waals surface area contributed by atoms with Gasteiger partial charge in [0.2, 0.25) is 0 Å². The molecule has 4 rings (SSSR count). The largest absolute Gasteiger partial charge is 0.378 e. The van der Waals surface area contributed by atoms with E-state index in [-0.39, 0.29) is 24.2 Å². The Morgan fingerprint density at radius 2 is 2.18 bits per heavy atom. The summed E-state index contributed by atoms with van der Waals surface area (Å²) in [4.78, 5) is 15.4. The summed E-state index contributed by atoms with van der Waals surface area (Å²) in [6.45, 7) is 2.44. The summed E-state index contributed by atoms with van der Waals surface area (Å²) >= 11 is 1.53. The summed E-state index contributed by atoms with van der Waals surface area (Å²) < 4.78 is 12.0. The predicted octanol–water partition coefficient (Wildman–Crippen LogP) is 2.94. The van der Waals surface area contributed by atoms with Crippen molar-refractivity contribution < 1.29 is 14.3 Å². The van der Waals surface area contributed by atoms with Gasteiger partial charge >= 0.3 is 0 Å². The van der Waals surface area contributed by atoms with E-state index in [1.807, 2.05) is 22.4 Å². The molecule has 0 N–H and O–H groups in total. The van der Waals surface area contributed by atoms with E-state index in [9.17, 15) is 4.79 Å². The molecule has 1 saturated carbocycles. The van der Waals surface area contributed by atoms with Gasteiger partial charge in [0.1, 0.15) is 0 Å². The normalized spacial score (nSPS) is 31.3. The summed E-state index contributed by atoms with van der Waals surface area (Å²) in [5, 5.41) is 1.96. The summed E-state index contributed by atoms with van der Waals surface area (Å²) in [5.74, 6) is 0.983. The van der Waals surface area contributed by atoms with Crippen molar-refractivity contribution >= 4 is 17.2 Å². The predicted molar refractivity (Wildman–Crippen MR) is 85.2 cm³/mol. The molecule has 22 heavy (non-hydrogen) atoms. The van der Waals surface area contributed by atoms with Crippen LogP contribution in [-0.4, -0.2) is 48.8 Å². The third-order valence-corrected chi connectivity index (χ3v) is 5.84. The molecule has 2 aliphatic heterocycles. The van der Waals surface area contributed by atoms with Crippen LogP contribution in [-0.2, 0) is 9.47 Å². The van der Waals surface area contributed by atoms with Crippen LogP contribution >= 0.6 is 11.3 Å². The van der Waals surface area contributed by atoms with E-state index < -0.39 is 0 Å². The third kappa shape index (κ3) is 3.07. The minimum absolute atomic E-state index is 0.175. The zero-order valence-electron chi connectivity index (χ0n) is 12.8. The van der Waals surface area contributed by atoms with Crippen molar-refractivity contribution in [1.82, 2.24) is 4.90 Å². The maximum Gasteiger partial charge on any atom is 0.264 e. The van der Waals surface area contributed by atoms with E-state index in [1.54, 1.807) is 0 Å². The number of amides is 1. The molecule has 0 aromatic carbocycles. The van der Waals surface area contributed by atoms with Gasteiger partial charge in [-0.15, -0.1) is 11.3 Å². The number of ether oxygens (including phenoxy) is 2. The van der Waals surface area contributed by atoms with Gasteiger partial charge in [0.15, 0.2) is 0 Å². The fourth-order valence-electron chi connectivity index (χ4n) is 3.56. The molecule has 0 spiro atoms. The third-order valence-electron chi connectivity index (χ3n) is 4.98. The number of hydrogen-bond donors (Lipinski definition) is 0. The maximum absolute atomic E-state index is 12.6. The van der Waals surface area contributed by atoms with Crippen LogP contribution in [0.15, 0.2) is 17.5 Å². The van der Waals surface area contributed by atoms with Crippen molar-refractivity contribution in [2.24, 2.45) is 5.92 Å². The topological polar surface area (TPSA) is 38.8 Å². The molecular weight excluding hydrogens is 298 g/mol. The van der Waals surface area contributed by atoms with E-state index in [0.717, 1.165) is 49.8 Å². The Morgan fingerprint density at radius 3 is 2.95 bits per heavy atom. The lowest BCUT2D eigenvalue weighted by molar-refractivity contribution is -0.0972. The van der Waals surface area contributed by atoms with Crippen LogP contribution in [0.3, 0.4) is 0 Å². The molecule has 0 radical (unpaired) electrons. The fourth-order valence-corrected chi connectivity index (χ4v) is 4.24. The maximum atomic E-state index is 12.6. The SMILES string of the molecule is O=C(c1cccs1)N1CC[C@@H]2O[C@@H](COCC3CC3)CC[C@@H]21.